The van der Waals surface area contributed by atoms with E-state index in [4.69, 9.17) is 9.47 Å². The van der Waals surface area contributed by atoms with Gasteiger partial charge in [0, 0.05) is 5.92 Å². The van der Waals surface area contributed by atoms with Gasteiger partial charge in [-0.3, -0.25) is 4.79 Å². The molecule has 8 heteroatoms. The highest BCUT2D eigenvalue weighted by atomic mass is 16.7. The summed E-state index contributed by atoms with van der Waals surface area (Å²) in [6.07, 6.45) is -1.43. The van der Waals surface area contributed by atoms with E-state index >= 15 is 0 Å². The van der Waals surface area contributed by atoms with Gasteiger partial charge in [0.25, 0.3) is 5.91 Å². The largest absolute Gasteiger partial charge is 0.478 e. The van der Waals surface area contributed by atoms with Crippen LogP contribution < -0.4 is 5.32 Å². The summed E-state index contributed by atoms with van der Waals surface area (Å²) in [7, 11) is 0. The van der Waals surface area contributed by atoms with Crippen LogP contribution in [0, 0.1) is 11.3 Å². The monoisotopic (exact) mass is 451 g/mol. The SMILES string of the molecule is CCC(C)(C)O[C@@H]1OC(CO)[C@@H](C(C)(C)CC)C(O)C1NC(=O)c1ccccc1C(=O)O. The molecule has 32 heavy (non-hydrogen) atoms. The third-order valence-corrected chi connectivity index (χ3v) is 6.72. The summed E-state index contributed by atoms with van der Waals surface area (Å²) in [4.78, 5) is 24.7. The first-order valence-electron chi connectivity index (χ1n) is 11.1. The number of nitrogens with one attached hydrogen (secondary N) is 1. The fourth-order valence-electron chi connectivity index (χ4n) is 4.05. The first kappa shape index (κ1) is 26.3. The Kier molecular flexibility index (Phi) is 8.44. The zero-order valence-corrected chi connectivity index (χ0v) is 19.8. The Morgan fingerprint density at radius 3 is 2.19 bits per heavy atom. The minimum atomic E-state index is -1.22. The Bertz CT molecular complexity index is 805. The first-order valence-corrected chi connectivity index (χ1v) is 11.1. The summed E-state index contributed by atoms with van der Waals surface area (Å²) in [6.45, 7) is 11.3. The summed E-state index contributed by atoms with van der Waals surface area (Å²) in [5.41, 5.74) is -1.17. The highest BCUT2D eigenvalue weighted by Gasteiger charge is 2.52. The van der Waals surface area contributed by atoms with Crippen LogP contribution in [0.5, 0.6) is 0 Å². The van der Waals surface area contributed by atoms with Gasteiger partial charge in [0.1, 0.15) is 6.04 Å². The third kappa shape index (κ3) is 5.67. The van der Waals surface area contributed by atoms with Crippen LogP contribution in [0.15, 0.2) is 24.3 Å². The first-order chi connectivity index (χ1) is 14.9. The quantitative estimate of drug-likeness (QED) is 0.455. The molecule has 1 aromatic carbocycles. The molecular formula is C24H37NO7. The number of carboxylic acid groups (broad SMARTS) is 1. The van der Waals surface area contributed by atoms with Gasteiger partial charge in [-0.2, -0.15) is 0 Å². The van der Waals surface area contributed by atoms with Crippen molar-refractivity contribution in [3.05, 3.63) is 35.4 Å². The molecule has 0 radical (unpaired) electrons. The fraction of sp³-hybridized carbons (Fsp3) is 0.667. The number of rotatable bonds is 9. The second-order valence-corrected chi connectivity index (χ2v) is 9.67. The zero-order chi connectivity index (χ0) is 24.3. The smallest absolute Gasteiger partial charge is 0.336 e. The summed E-state index contributed by atoms with van der Waals surface area (Å²) in [6, 6.07) is 4.93. The van der Waals surface area contributed by atoms with E-state index in [1.807, 2.05) is 41.5 Å². The second kappa shape index (κ2) is 10.3. The lowest BCUT2D eigenvalue weighted by atomic mass is 9.68. The van der Waals surface area contributed by atoms with Crippen LogP contribution in [0.3, 0.4) is 0 Å². The molecule has 5 atom stereocenters. The maximum atomic E-state index is 13.1. The highest BCUT2D eigenvalue weighted by molar-refractivity contribution is 6.04. The van der Waals surface area contributed by atoms with Crippen molar-refractivity contribution in [2.45, 2.75) is 84.5 Å². The predicted octanol–water partition coefficient (Wildman–Crippen LogP) is 2.82. The van der Waals surface area contributed by atoms with Gasteiger partial charge in [-0.05, 0) is 37.8 Å². The van der Waals surface area contributed by atoms with Gasteiger partial charge in [-0.25, -0.2) is 4.79 Å². The van der Waals surface area contributed by atoms with Gasteiger partial charge in [-0.15, -0.1) is 0 Å². The molecule has 0 spiro atoms. The van der Waals surface area contributed by atoms with E-state index in [0.29, 0.717) is 12.8 Å². The third-order valence-electron chi connectivity index (χ3n) is 6.72. The molecule has 4 N–H and O–H groups in total. The van der Waals surface area contributed by atoms with Gasteiger partial charge in [-0.1, -0.05) is 46.2 Å². The Morgan fingerprint density at radius 1 is 1.09 bits per heavy atom. The lowest BCUT2D eigenvalue weighted by Crippen LogP contribution is -2.66. The number of benzene rings is 1. The van der Waals surface area contributed by atoms with Crippen LogP contribution in [0.4, 0.5) is 0 Å². The van der Waals surface area contributed by atoms with Crippen LogP contribution in [0.1, 0.15) is 75.1 Å². The van der Waals surface area contributed by atoms with E-state index in [-0.39, 0.29) is 17.7 Å². The molecule has 2 rings (SSSR count). The van der Waals surface area contributed by atoms with E-state index in [2.05, 4.69) is 5.32 Å². The van der Waals surface area contributed by atoms with Crippen LogP contribution in [-0.2, 0) is 9.47 Å². The topological polar surface area (TPSA) is 125 Å². The average Bonchev–Trinajstić information content (AvgIpc) is 2.75. The van der Waals surface area contributed by atoms with Gasteiger partial charge in [0.2, 0.25) is 0 Å². The number of carbonyl (C=O) groups is 2. The lowest BCUT2D eigenvalue weighted by Gasteiger charge is -2.51. The second-order valence-electron chi connectivity index (χ2n) is 9.67. The molecule has 3 unspecified atom stereocenters. The Balaban J connectivity index is 2.45. The Hall–Kier alpha value is -2.00. The molecule has 180 valence electrons. The molecule has 1 aliphatic rings. The molecule has 1 heterocycles. The maximum absolute atomic E-state index is 13.1. The molecule has 1 aliphatic heterocycles. The minimum Gasteiger partial charge on any atom is -0.478 e. The number of aliphatic hydroxyl groups excluding tert-OH is 2. The molecule has 1 aromatic rings. The van der Waals surface area contributed by atoms with Crippen molar-refractivity contribution in [1.82, 2.24) is 5.32 Å². The number of carbonyl (C=O) groups excluding carboxylic acids is 1. The van der Waals surface area contributed by atoms with Crippen molar-refractivity contribution >= 4 is 11.9 Å². The van der Waals surface area contributed by atoms with Crippen LogP contribution in [0.2, 0.25) is 0 Å². The summed E-state index contributed by atoms with van der Waals surface area (Å²) in [5, 5.41) is 33.6. The highest BCUT2D eigenvalue weighted by Crippen LogP contribution is 2.42. The normalized spacial score (nSPS) is 26.6. The van der Waals surface area contributed by atoms with Crippen molar-refractivity contribution in [3.8, 4) is 0 Å². The van der Waals surface area contributed by atoms with Gasteiger partial charge in [0.15, 0.2) is 6.29 Å². The number of ether oxygens (including phenoxy) is 2. The molecule has 0 saturated carbocycles. The number of hydrogen-bond donors (Lipinski definition) is 4. The standard InChI is InChI=1S/C24H37NO7/c1-7-23(3,4)17-16(13-26)31-22(32-24(5,6)8-2)18(19(17)27)25-20(28)14-11-9-10-12-15(14)21(29)30/h9-12,16-19,22,26-27H,7-8,13H2,1-6H3,(H,25,28)(H,29,30)/t16?,17-,18?,19?,22+/m1/s1. The number of aromatic carboxylic acids is 1. The minimum absolute atomic E-state index is 0.0173. The number of hydrogen-bond acceptors (Lipinski definition) is 6. The molecule has 0 aliphatic carbocycles. The van der Waals surface area contributed by atoms with E-state index in [1.165, 1.54) is 12.1 Å². The zero-order valence-electron chi connectivity index (χ0n) is 19.8. The lowest BCUT2D eigenvalue weighted by molar-refractivity contribution is -0.296. The van der Waals surface area contributed by atoms with Crippen molar-refractivity contribution in [3.63, 3.8) is 0 Å². The summed E-state index contributed by atoms with van der Waals surface area (Å²) < 4.78 is 12.2. The maximum Gasteiger partial charge on any atom is 0.336 e. The van der Waals surface area contributed by atoms with Crippen molar-refractivity contribution < 1.29 is 34.4 Å². The summed E-state index contributed by atoms with van der Waals surface area (Å²) in [5.74, 6) is -2.35. The molecular weight excluding hydrogens is 414 g/mol. The van der Waals surface area contributed by atoms with Crippen molar-refractivity contribution in [2.75, 3.05) is 6.61 Å². The molecule has 0 aromatic heterocycles. The Morgan fingerprint density at radius 2 is 1.69 bits per heavy atom. The number of carboxylic acids is 1. The van der Waals surface area contributed by atoms with Crippen LogP contribution >= 0.6 is 0 Å². The van der Waals surface area contributed by atoms with E-state index in [9.17, 15) is 24.9 Å². The van der Waals surface area contributed by atoms with Gasteiger partial charge >= 0.3 is 5.97 Å². The molecule has 1 fully saturated rings. The van der Waals surface area contributed by atoms with E-state index in [1.54, 1.807) is 12.1 Å². The fourth-order valence-corrected chi connectivity index (χ4v) is 4.05. The average molecular weight is 452 g/mol. The van der Waals surface area contributed by atoms with Gasteiger partial charge in [0.05, 0.1) is 35.5 Å². The summed E-state index contributed by atoms with van der Waals surface area (Å²) >= 11 is 0. The molecule has 1 saturated heterocycles. The Labute approximate surface area is 189 Å². The molecule has 0 bridgehead atoms. The molecule has 8 nitrogen and oxygen atoms in total. The van der Waals surface area contributed by atoms with Crippen LogP contribution in [0.25, 0.3) is 0 Å². The van der Waals surface area contributed by atoms with Gasteiger partial charge < -0.3 is 30.1 Å². The predicted molar refractivity (Wildman–Crippen MR) is 119 cm³/mol. The molecule has 1 amide bonds. The van der Waals surface area contributed by atoms with Crippen LogP contribution in [-0.4, -0.2) is 63.9 Å². The number of aliphatic hydroxyl groups is 2. The number of amides is 1. The van der Waals surface area contributed by atoms with E-state index < -0.39 is 53.4 Å². The van der Waals surface area contributed by atoms with Crippen molar-refractivity contribution in [2.24, 2.45) is 11.3 Å². The van der Waals surface area contributed by atoms with Crippen molar-refractivity contribution in [1.29, 1.82) is 0 Å². The van der Waals surface area contributed by atoms with E-state index in [0.717, 1.165) is 0 Å².